The van der Waals surface area contributed by atoms with Gasteiger partial charge >= 0.3 is 18.2 Å². The molecule has 4 rings (SSSR count). The Morgan fingerprint density at radius 2 is 1.67 bits per heavy atom. The van der Waals surface area contributed by atoms with Crippen LogP contribution in [0.3, 0.4) is 0 Å². The number of aliphatic hydroxyl groups is 1. The summed E-state index contributed by atoms with van der Waals surface area (Å²) in [5.41, 5.74) is -0.237. The summed E-state index contributed by atoms with van der Waals surface area (Å²) in [5.74, 6) is -3.34. The molecule has 2 heterocycles. The van der Waals surface area contributed by atoms with E-state index in [4.69, 9.17) is 14.2 Å². The van der Waals surface area contributed by atoms with Gasteiger partial charge < -0.3 is 39.5 Å². The van der Waals surface area contributed by atoms with E-state index in [2.05, 4.69) is 5.32 Å². The number of anilines is 3. The van der Waals surface area contributed by atoms with Gasteiger partial charge in [-0.1, -0.05) is 6.07 Å². The van der Waals surface area contributed by atoms with Crippen molar-refractivity contribution >= 4 is 52.9 Å². The van der Waals surface area contributed by atoms with E-state index >= 15 is 0 Å². The number of carboxylic acids is 1. The number of nitrogens with zero attached hydrogens (tertiary/aromatic N) is 4. The van der Waals surface area contributed by atoms with Gasteiger partial charge in [0, 0.05) is 30.0 Å². The van der Waals surface area contributed by atoms with Gasteiger partial charge in [0.2, 0.25) is 5.91 Å². The normalized spacial score (nSPS) is 16.8. The second kappa shape index (κ2) is 15.2. The number of amides is 5. The molecule has 2 aromatic carbocycles. The zero-order chi connectivity index (χ0) is 37.8. The molecule has 0 aromatic heterocycles. The first-order valence-corrected chi connectivity index (χ1v) is 16.1. The Balaban J connectivity index is 1.53. The third kappa shape index (κ3) is 9.59. The minimum absolute atomic E-state index is 0.0538. The molecule has 272 valence electrons. The minimum Gasteiger partial charge on any atom is -0.480 e. The topological polar surface area (TPSA) is 216 Å². The van der Waals surface area contributed by atoms with Crippen LogP contribution in [0, 0.1) is 11.3 Å². The van der Waals surface area contributed by atoms with Crippen LogP contribution in [0.1, 0.15) is 64.7 Å². The number of aryl methyl sites for hydroxylation is 1. The predicted molar refractivity (Wildman–Crippen MR) is 181 cm³/mol. The number of rotatable bonds is 8. The van der Waals surface area contributed by atoms with E-state index < -0.39 is 66.5 Å². The molecule has 51 heavy (non-hydrogen) atoms. The van der Waals surface area contributed by atoms with Gasteiger partial charge in [0.05, 0.1) is 24.8 Å². The molecule has 2 unspecified atom stereocenters. The fourth-order valence-corrected chi connectivity index (χ4v) is 5.36. The Morgan fingerprint density at radius 1 is 1.02 bits per heavy atom. The van der Waals surface area contributed by atoms with Crippen LogP contribution < -0.4 is 15.1 Å². The van der Waals surface area contributed by atoms with Crippen molar-refractivity contribution in [3.8, 4) is 6.07 Å². The molecule has 5 amide bonds. The van der Waals surface area contributed by atoms with E-state index in [1.807, 2.05) is 6.07 Å². The van der Waals surface area contributed by atoms with Crippen LogP contribution >= 0.6 is 0 Å². The van der Waals surface area contributed by atoms with Crippen molar-refractivity contribution in [1.29, 1.82) is 5.26 Å². The molecule has 0 aliphatic carbocycles. The molecule has 1 saturated heterocycles. The number of hydrogen-bond donors (Lipinski definition) is 3. The van der Waals surface area contributed by atoms with Crippen LogP contribution in [0.15, 0.2) is 36.4 Å². The number of carbonyl (C=O) groups excluding carboxylic acids is 5. The molecule has 16 nitrogen and oxygen atoms in total. The highest BCUT2D eigenvalue weighted by molar-refractivity contribution is 6.05. The summed E-state index contributed by atoms with van der Waals surface area (Å²) >= 11 is 0. The number of aliphatic hydroxyl groups excluding tert-OH is 1. The maximum Gasteiger partial charge on any atom is 0.420 e. The maximum atomic E-state index is 13.6. The molecule has 0 saturated carbocycles. The molecule has 0 radical (unpaired) electrons. The number of aliphatic carboxylic acids is 1. The van der Waals surface area contributed by atoms with Crippen molar-refractivity contribution in [3.63, 3.8) is 0 Å². The Hall–Kier alpha value is -5.53. The largest absolute Gasteiger partial charge is 0.480 e. The lowest BCUT2D eigenvalue weighted by molar-refractivity contribution is -0.150. The molecular weight excluding hydrogens is 666 g/mol. The van der Waals surface area contributed by atoms with Gasteiger partial charge in [-0.15, -0.1) is 0 Å². The molecule has 16 heteroatoms. The van der Waals surface area contributed by atoms with E-state index in [0.717, 1.165) is 10.5 Å². The molecule has 2 atom stereocenters. The van der Waals surface area contributed by atoms with Gasteiger partial charge in [0.25, 0.3) is 11.8 Å². The molecule has 1 fully saturated rings. The number of carboxylic acid groups (broad SMARTS) is 1. The molecule has 2 aliphatic heterocycles. The predicted octanol–water partition coefficient (Wildman–Crippen LogP) is 3.33. The van der Waals surface area contributed by atoms with E-state index in [0.29, 0.717) is 22.7 Å². The second-order valence-corrected chi connectivity index (χ2v) is 13.9. The SMILES string of the molecule is CC(C)(C)OC(=O)N(Cc1cc(NC(=O)C(O)C2OCCN(c3ccc4c(c3)N(CC(=O)O)C(=O)CC4)C2=O)ccc1C#N)C(=O)OC(C)(C)C. The molecule has 2 aliphatic rings. The molecule has 2 aromatic rings. The lowest BCUT2D eigenvalue weighted by Crippen LogP contribution is -2.55. The Labute approximate surface area is 294 Å². The number of fused-ring (bicyclic) bond motifs is 1. The van der Waals surface area contributed by atoms with Gasteiger partial charge in [-0.3, -0.25) is 19.2 Å². The average molecular weight is 708 g/mol. The van der Waals surface area contributed by atoms with Gasteiger partial charge in [0.15, 0.2) is 12.2 Å². The van der Waals surface area contributed by atoms with E-state index in [9.17, 15) is 44.2 Å². The molecule has 0 bridgehead atoms. The van der Waals surface area contributed by atoms with E-state index in [-0.39, 0.29) is 42.3 Å². The number of morpholine rings is 1. The van der Waals surface area contributed by atoms with Crippen molar-refractivity contribution in [3.05, 3.63) is 53.1 Å². The summed E-state index contributed by atoms with van der Waals surface area (Å²) in [4.78, 5) is 79.9. The fraction of sp³-hybridized carbons (Fsp3) is 0.457. The molecule has 3 N–H and O–H groups in total. The van der Waals surface area contributed by atoms with Crippen LogP contribution in [-0.2, 0) is 46.4 Å². The zero-order valence-corrected chi connectivity index (χ0v) is 29.2. The number of carbonyl (C=O) groups is 6. The lowest BCUT2D eigenvalue weighted by atomic mass is 9.99. The third-order valence-electron chi connectivity index (χ3n) is 7.60. The average Bonchev–Trinajstić information content (AvgIpc) is 3.02. The van der Waals surface area contributed by atoms with Gasteiger partial charge in [0.1, 0.15) is 17.7 Å². The quantitative estimate of drug-likeness (QED) is 0.360. The van der Waals surface area contributed by atoms with Crippen molar-refractivity contribution in [2.24, 2.45) is 0 Å². The van der Waals surface area contributed by atoms with E-state index in [1.165, 1.54) is 29.2 Å². The minimum atomic E-state index is -2.00. The smallest absolute Gasteiger partial charge is 0.420 e. The zero-order valence-electron chi connectivity index (χ0n) is 29.2. The second-order valence-electron chi connectivity index (χ2n) is 13.9. The first kappa shape index (κ1) is 38.3. The lowest BCUT2D eigenvalue weighted by Gasteiger charge is -2.35. The third-order valence-corrected chi connectivity index (χ3v) is 7.60. The highest BCUT2D eigenvalue weighted by Gasteiger charge is 2.40. The highest BCUT2D eigenvalue weighted by atomic mass is 16.6. The highest BCUT2D eigenvalue weighted by Crippen LogP contribution is 2.33. The van der Waals surface area contributed by atoms with Crippen LogP contribution in [0.5, 0.6) is 0 Å². The van der Waals surface area contributed by atoms with Gasteiger partial charge in [-0.2, -0.15) is 5.26 Å². The van der Waals surface area contributed by atoms with Crippen molar-refractivity contribution in [2.45, 2.75) is 84.3 Å². The fourth-order valence-electron chi connectivity index (χ4n) is 5.36. The Kier molecular flexibility index (Phi) is 11.4. The number of imide groups is 1. The van der Waals surface area contributed by atoms with Crippen LogP contribution in [-0.4, -0.2) is 94.1 Å². The summed E-state index contributed by atoms with van der Waals surface area (Å²) in [6.45, 7) is 8.69. The monoisotopic (exact) mass is 707 g/mol. The number of ether oxygens (including phenoxy) is 3. The first-order chi connectivity index (χ1) is 23.8. The first-order valence-electron chi connectivity index (χ1n) is 16.1. The summed E-state index contributed by atoms with van der Waals surface area (Å²) < 4.78 is 16.3. The standard InChI is InChI=1S/C35H41N5O11/c1-34(2,3)50-32(47)40(33(48)51-35(4,5)6)18-22-15-23(10-7-21(22)17-36)37-30(45)28(44)29-31(46)38(13-14-49-29)24-11-8-20-9-12-26(41)39(19-27(42)43)25(20)16-24/h7-8,10-11,15-16,28-29,44H,9,12-14,18-19H2,1-6H3,(H,37,45)(H,42,43). The van der Waals surface area contributed by atoms with Crippen LogP contribution in [0.25, 0.3) is 0 Å². The number of nitriles is 1. The van der Waals surface area contributed by atoms with Crippen LogP contribution in [0.4, 0.5) is 26.7 Å². The molecular formula is C35H41N5O11. The maximum absolute atomic E-state index is 13.6. The van der Waals surface area contributed by atoms with Gasteiger partial charge in [-0.05, 0) is 89.4 Å². The Bertz CT molecular complexity index is 1740. The number of nitrogens with one attached hydrogen (secondary N) is 1. The van der Waals surface area contributed by atoms with E-state index in [1.54, 1.807) is 53.7 Å². The summed E-state index contributed by atoms with van der Waals surface area (Å²) in [6.07, 6.45) is -5.13. The summed E-state index contributed by atoms with van der Waals surface area (Å²) in [6, 6.07) is 10.9. The van der Waals surface area contributed by atoms with Crippen molar-refractivity contribution in [2.75, 3.05) is 34.8 Å². The van der Waals surface area contributed by atoms with Crippen LogP contribution in [0.2, 0.25) is 0 Å². The number of benzene rings is 2. The van der Waals surface area contributed by atoms with Crippen molar-refractivity contribution < 1.29 is 53.2 Å². The van der Waals surface area contributed by atoms with Crippen molar-refractivity contribution in [1.82, 2.24) is 4.90 Å². The molecule has 0 spiro atoms. The van der Waals surface area contributed by atoms with Gasteiger partial charge in [-0.25, -0.2) is 14.5 Å². The summed E-state index contributed by atoms with van der Waals surface area (Å²) in [7, 11) is 0. The summed E-state index contributed by atoms with van der Waals surface area (Å²) in [5, 5.41) is 32.6. The number of hydrogen-bond acceptors (Lipinski definition) is 11. The Morgan fingerprint density at radius 3 is 2.25 bits per heavy atom.